The molecule has 0 spiro atoms. The second-order valence-corrected chi connectivity index (χ2v) is 5.41. The number of halogens is 3. The molecule has 0 saturated carbocycles. The summed E-state index contributed by atoms with van der Waals surface area (Å²) in [4.78, 5) is 14.5. The number of carboxylic acid groups (broad SMARTS) is 1. The molecule has 0 amide bonds. The zero-order valence-corrected chi connectivity index (χ0v) is 13.2. The van der Waals surface area contributed by atoms with E-state index in [1.807, 2.05) is 0 Å². The van der Waals surface area contributed by atoms with Crippen LogP contribution in [0.2, 0.25) is 0 Å². The van der Waals surface area contributed by atoms with Crippen LogP contribution in [0.3, 0.4) is 0 Å². The molecule has 0 radical (unpaired) electrons. The maximum absolute atomic E-state index is 14.4. The van der Waals surface area contributed by atoms with E-state index in [-0.39, 0.29) is 16.8 Å². The van der Waals surface area contributed by atoms with Gasteiger partial charge in [-0.05, 0) is 30.7 Å². The predicted molar refractivity (Wildman–Crippen MR) is 83.8 cm³/mol. The number of carboxylic acids is 1. The predicted octanol–water partition coefficient (Wildman–Crippen LogP) is 3.23. The summed E-state index contributed by atoms with van der Waals surface area (Å²) in [5, 5.41) is 20.0. The van der Waals surface area contributed by atoms with Gasteiger partial charge < -0.3 is 10.4 Å². The number of alkyl halides is 2. The van der Waals surface area contributed by atoms with Crippen LogP contribution in [0.5, 0.6) is 0 Å². The zero-order chi connectivity index (χ0) is 18.6. The molecule has 0 aliphatic heterocycles. The summed E-state index contributed by atoms with van der Waals surface area (Å²) in [5.41, 5.74) is -0.550. The Kier molecular flexibility index (Phi) is 5.27. The second-order valence-electron chi connectivity index (χ2n) is 5.41. The smallest absolute Gasteiger partial charge is 0.307 e. The van der Waals surface area contributed by atoms with E-state index in [0.717, 1.165) is 11.6 Å². The van der Waals surface area contributed by atoms with Crippen LogP contribution in [0.15, 0.2) is 30.5 Å². The zero-order valence-electron chi connectivity index (χ0n) is 13.2. The van der Waals surface area contributed by atoms with Crippen LogP contribution in [0.4, 0.5) is 18.9 Å². The molecule has 0 aliphatic carbocycles. The van der Waals surface area contributed by atoms with Gasteiger partial charge in [-0.2, -0.15) is 14.0 Å². The molecule has 0 bridgehead atoms. The van der Waals surface area contributed by atoms with E-state index in [1.165, 1.54) is 24.4 Å². The molecule has 0 atom stereocenters. The van der Waals surface area contributed by atoms with Gasteiger partial charge in [0.1, 0.15) is 5.69 Å². The van der Waals surface area contributed by atoms with Crippen molar-refractivity contribution in [3.8, 4) is 6.07 Å². The number of aryl methyl sites for hydroxylation is 1. The lowest BCUT2D eigenvalue weighted by Gasteiger charge is -2.18. The monoisotopic (exact) mass is 349 g/mol. The first kappa shape index (κ1) is 18.3. The Morgan fingerprint density at radius 3 is 2.64 bits per heavy atom. The number of aromatic nitrogens is 1. The van der Waals surface area contributed by atoms with Crippen molar-refractivity contribution in [3.63, 3.8) is 0 Å². The number of hydrogen-bond donors (Lipinski definition) is 2. The lowest BCUT2D eigenvalue weighted by Crippen LogP contribution is -2.26. The van der Waals surface area contributed by atoms with Crippen molar-refractivity contribution in [1.29, 1.82) is 5.26 Å². The first-order valence-corrected chi connectivity index (χ1v) is 7.22. The lowest BCUT2D eigenvalue weighted by atomic mass is 10.0. The highest BCUT2D eigenvalue weighted by atomic mass is 19.3. The summed E-state index contributed by atoms with van der Waals surface area (Å²) in [7, 11) is 0. The molecule has 1 heterocycles. The van der Waals surface area contributed by atoms with E-state index in [0.29, 0.717) is 0 Å². The molecular formula is C17H14F3N3O2. The number of rotatable bonds is 6. The summed E-state index contributed by atoms with van der Waals surface area (Å²) in [5.74, 6) is -5.73. The molecule has 130 valence electrons. The number of nitrogens with one attached hydrogen (secondary N) is 1. The maximum Gasteiger partial charge on any atom is 0.307 e. The van der Waals surface area contributed by atoms with E-state index >= 15 is 0 Å². The highest BCUT2D eigenvalue weighted by molar-refractivity contribution is 5.72. The molecular weight excluding hydrogens is 335 g/mol. The minimum atomic E-state index is -3.36. The summed E-state index contributed by atoms with van der Waals surface area (Å²) in [6, 6.07) is 6.66. The minimum Gasteiger partial charge on any atom is -0.481 e. The average Bonchev–Trinajstić information content (AvgIpc) is 2.55. The fraction of sp³-hybridized carbons (Fsp3) is 0.235. The first-order chi connectivity index (χ1) is 11.7. The number of anilines is 1. The fourth-order valence-corrected chi connectivity index (χ4v) is 2.17. The minimum absolute atomic E-state index is 0.155. The Morgan fingerprint density at radius 2 is 2.08 bits per heavy atom. The van der Waals surface area contributed by atoms with Gasteiger partial charge in [0.15, 0.2) is 5.82 Å². The van der Waals surface area contributed by atoms with Crippen LogP contribution in [-0.4, -0.2) is 22.6 Å². The fourth-order valence-electron chi connectivity index (χ4n) is 2.17. The normalized spacial score (nSPS) is 11.0. The summed E-state index contributed by atoms with van der Waals surface area (Å²) in [6.45, 7) is 0.779. The van der Waals surface area contributed by atoms with Gasteiger partial charge in [0, 0.05) is 11.8 Å². The van der Waals surface area contributed by atoms with Gasteiger partial charge in [-0.3, -0.25) is 9.78 Å². The number of carbonyl (C=O) groups is 1. The molecule has 5 nitrogen and oxygen atoms in total. The van der Waals surface area contributed by atoms with E-state index in [2.05, 4.69) is 10.3 Å². The highest BCUT2D eigenvalue weighted by Gasteiger charge is 2.33. The Labute approximate surface area is 141 Å². The Hall–Kier alpha value is -3.08. The third-order valence-electron chi connectivity index (χ3n) is 3.48. The molecule has 2 aromatic rings. The van der Waals surface area contributed by atoms with Crippen LogP contribution < -0.4 is 5.32 Å². The van der Waals surface area contributed by atoms with Crippen molar-refractivity contribution in [2.24, 2.45) is 0 Å². The number of hydrogen-bond acceptors (Lipinski definition) is 4. The highest BCUT2D eigenvalue weighted by Crippen LogP contribution is 2.28. The van der Waals surface area contributed by atoms with Crippen molar-refractivity contribution >= 4 is 11.7 Å². The van der Waals surface area contributed by atoms with E-state index in [4.69, 9.17) is 10.4 Å². The Bertz CT molecular complexity index is 830. The molecule has 2 N–H and O–H groups in total. The quantitative estimate of drug-likeness (QED) is 0.836. The van der Waals surface area contributed by atoms with Crippen molar-refractivity contribution in [1.82, 2.24) is 4.98 Å². The van der Waals surface area contributed by atoms with E-state index in [1.54, 1.807) is 13.0 Å². The van der Waals surface area contributed by atoms with Crippen molar-refractivity contribution in [2.45, 2.75) is 19.3 Å². The Morgan fingerprint density at radius 1 is 1.36 bits per heavy atom. The molecule has 25 heavy (non-hydrogen) atoms. The topological polar surface area (TPSA) is 86.0 Å². The lowest BCUT2D eigenvalue weighted by molar-refractivity contribution is -0.136. The molecule has 0 aliphatic rings. The van der Waals surface area contributed by atoms with Gasteiger partial charge in [-0.15, -0.1) is 0 Å². The first-order valence-electron chi connectivity index (χ1n) is 7.22. The number of aliphatic carboxylic acids is 1. The van der Waals surface area contributed by atoms with Crippen LogP contribution in [-0.2, 0) is 17.1 Å². The summed E-state index contributed by atoms with van der Waals surface area (Å²) >= 11 is 0. The van der Waals surface area contributed by atoms with Crippen LogP contribution in [0.25, 0.3) is 0 Å². The number of pyridine rings is 1. The van der Waals surface area contributed by atoms with Crippen molar-refractivity contribution < 1.29 is 23.1 Å². The van der Waals surface area contributed by atoms with Gasteiger partial charge in [-0.25, -0.2) is 4.39 Å². The van der Waals surface area contributed by atoms with Gasteiger partial charge in [0.05, 0.1) is 30.3 Å². The van der Waals surface area contributed by atoms with Gasteiger partial charge in [-0.1, -0.05) is 6.07 Å². The second kappa shape index (κ2) is 7.21. The summed E-state index contributed by atoms with van der Waals surface area (Å²) in [6.07, 6.45) is 0.580. The standard InChI is InChI=1S/C17H14F3N3O2/c1-10-2-5-14(22-8-10)17(19,20)9-23-13-4-3-11(7-21)12(16(13)18)6-15(24)25/h2-5,8,23H,6,9H2,1H3,(H,24,25). The van der Waals surface area contributed by atoms with Gasteiger partial charge in [0.2, 0.25) is 0 Å². The van der Waals surface area contributed by atoms with Crippen LogP contribution >= 0.6 is 0 Å². The van der Waals surface area contributed by atoms with Crippen molar-refractivity contribution in [2.75, 3.05) is 11.9 Å². The van der Waals surface area contributed by atoms with Gasteiger partial charge >= 0.3 is 11.9 Å². The SMILES string of the molecule is Cc1ccc(C(F)(F)CNc2ccc(C#N)c(CC(=O)O)c2F)nc1. The van der Waals surface area contributed by atoms with Gasteiger partial charge in [0.25, 0.3) is 0 Å². The third kappa shape index (κ3) is 4.26. The van der Waals surface area contributed by atoms with Crippen LogP contribution in [0.1, 0.15) is 22.4 Å². The molecule has 0 unspecified atom stereocenters. The van der Waals surface area contributed by atoms with E-state index < -0.39 is 36.4 Å². The maximum atomic E-state index is 14.4. The largest absolute Gasteiger partial charge is 0.481 e. The average molecular weight is 349 g/mol. The summed E-state index contributed by atoms with van der Waals surface area (Å²) < 4.78 is 42.7. The molecule has 0 saturated heterocycles. The van der Waals surface area contributed by atoms with Crippen LogP contribution in [0, 0.1) is 24.1 Å². The molecule has 1 aromatic heterocycles. The number of nitrogens with zero attached hydrogens (tertiary/aromatic N) is 2. The number of benzene rings is 1. The molecule has 8 heteroatoms. The number of nitriles is 1. The van der Waals surface area contributed by atoms with E-state index in [9.17, 15) is 18.0 Å². The molecule has 1 aromatic carbocycles. The third-order valence-corrected chi connectivity index (χ3v) is 3.48. The Balaban J connectivity index is 2.24. The molecule has 0 fully saturated rings. The van der Waals surface area contributed by atoms with Crippen molar-refractivity contribution in [3.05, 3.63) is 58.7 Å². The molecule has 2 rings (SSSR count).